The van der Waals surface area contributed by atoms with Gasteiger partial charge in [-0.1, -0.05) is 44.2 Å². The quantitative estimate of drug-likeness (QED) is 0.636. The van der Waals surface area contributed by atoms with Gasteiger partial charge in [-0.15, -0.1) is 23.5 Å². The second-order valence-corrected chi connectivity index (χ2v) is 9.59. The number of hydrogen-bond acceptors (Lipinski definition) is 6. The number of aliphatic hydroxyl groups excluding tert-OH is 1. The number of rotatable bonds is 9. The lowest BCUT2D eigenvalue weighted by Gasteiger charge is -2.37. The number of carbonyl (C=O) groups excluding carboxylic acids is 1. The summed E-state index contributed by atoms with van der Waals surface area (Å²) in [4.78, 5) is 11.6. The molecule has 4 atom stereocenters. The normalized spacial score (nSPS) is 20.2. The van der Waals surface area contributed by atoms with Crippen molar-refractivity contribution in [2.24, 2.45) is 11.8 Å². The fourth-order valence-corrected chi connectivity index (χ4v) is 6.32. The third kappa shape index (κ3) is 6.48. The maximum atomic E-state index is 11.6. The maximum Gasteiger partial charge on any atom is 0.308 e. The summed E-state index contributed by atoms with van der Waals surface area (Å²) in [5.41, 5.74) is 1.11. The molecule has 6 heteroatoms. The Morgan fingerprint density at radius 3 is 2.50 bits per heavy atom. The van der Waals surface area contributed by atoms with E-state index < -0.39 is 6.10 Å². The van der Waals surface area contributed by atoms with E-state index in [4.69, 9.17) is 9.47 Å². The van der Waals surface area contributed by atoms with Gasteiger partial charge in [-0.05, 0) is 23.5 Å². The van der Waals surface area contributed by atoms with Crippen LogP contribution in [0.2, 0.25) is 0 Å². The van der Waals surface area contributed by atoms with E-state index in [2.05, 4.69) is 6.92 Å². The Morgan fingerprint density at radius 2 is 1.88 bits per heavy atom. The minimum Gasteiger partial charge on any atom is -0.469 e. The second kappa shape index (κ2) is 11.2. The summed E-state index contributed by atoms with van der Waals surface area (Å²) in [5, 5.41) is 10.5. The highest BCUT2D eigenvalue weighted by molar-refractivity contribution is 8.17. The van der Waals surface area contributed by atoms with Crippen LogP contribution in [0.25, 0.3) is 0 Å². The van der Waals surface area contributed by atoms with E-state index in [1.165, 1.54) is 25.0 Å². The van der Waals surface area contributed by atoms with E-state index in [0.29, 0.717) is 11.2 Å². The van der Waals surface area contributed by atoms with Crippen molar-refractivity contribution in [3.63, 3.8) is 0 Å². The van der Waals surface area contributed by atoms with E-state index in [9.17, 15) is 9.90 Å². The van der Waals surface area contributed by atoms with Gasteiger partial charge in [-0.25, -0.2) is 0 Å². The molecule has 4 nitrogen and oxygen atoms in total. The first kappa shape index (κ1) is 21.6. The van der Waals surface area contributed by atoms with E-state index in [1.54, 1.807) is 0 Å². The van der Waals surface area contributed by atoms with Crippen molar-refractivity contribution in [2.45, 2.75) is 50.1 Å². The third-order valence-electron chi connectivity index (χ3n) is 4.81. The molecule has 0 aromatic heterocycles. The monoisotopic (exact) mass is 398 g/mol. The van der Waals surface area contributed by atoms with Gasteiger partial charge >= 0.3 is 5.97 Å². The lowest BCUT2D eigenvalue weighted by atomic mass is 9.88. The van der Waals surface area contributed by atoms with Crippen LogP contribution >= 0.6 is 23.5 Å². The largest absolute Gasteiger partial charge is 0.469 e. The molecule has 1 heterocycles. The molecule has 1 fully saturated rings. The second-order valence-electron chi connectivity index (χ2n) is 6.79. The SMILES string of the molecule is COC(=O)C[C@H](O)[C@@H](C)[C@@H](OCc1ccccc1)[C@H](C)C1SCCCS1. The molecule has 26 heavy (non-hydrogen) atoms. The summed E-state index contributed by atoms with van der Waals surface area (Å²) in [6, 6.07) is 10.1. The van der Waals surface area contributed by atoms with E-state index in [1.807, 2.05) is 60.8 Å². The fraction of sp³-hybridized carbons (Fsp3) is 0.650. The molecule has 1 saturated heterocycles. The van der Waals surface area contributed by atoms with Gasteiger partial charge in [-0.2, -0.15) is 0 Å². The van der Waals surface area contributed by atoms with Gasteiger partial charge in [0.1, 0.15) is 0 Å². The lowest BCUT2D eigenvalue weighted by Crippen LogP contribution is -2.40. The molecule has 146 valence electrons. The van der Waals surface area contributed by atoms with Gasteiger partial charge < -0.3 is 14.6 Å². The molecule has 0 amide bonds. The fourth-order valence-electron chi connectivity index (χ4n) is 3.17. The number of thioether (sulfide) groups is 2. The zero-order valence-electron chi connectivity index (χ0n) is 15.8. The standard InChI is InChI=1S/C20H30O4S2/c1-14(17(21)12-18(22)23-3)19(15(2)20-25-10-7-11-26-20)24-13-16-8-5-4-6-9-16/h4-6,8-9,14-15,17,19-21H,7,10-13H2,1-3H3/t14-,15+,17+,19-/m1/s1. The average Bonchev–Trinajstić information content (AvgIpc) is 2.69. The van der Waals surface area contributed by atoms with Gasteiger partial charge in [-0.3, -0.25) is 4.79 Å². The van der Waals surface area contributed by atoms with Gasteiger partial charge in [0.25, 0.3) is 0 Å². The van der Waals surface area contributed by atoms with Crippen molar-refractivity contribution in [3.05, 3.63) is 35.9 Å². The van der Waals surface area contributed by atoms with Crippen molar-refractivity contribution >= 4 is 29.5 Å². The van der Waals surface area contributed by atoms with Gasteiger partial charge in [0, 0.05) is 11.8 Å². The minimum absolute atomic E-state index is 0.000532. The Labute approximate surface area is 165 Å². The molecule has 0 radical (unpaired) electrons. The molecular formula is C20H30O4S2. The van der Waals surface area contributed by atoms with Gasteiger partial charge in [0.15, 0.2) is 0 Å². The van der Waals surface area contributed by atoms with Crippen LogP contribution in [0.5, 0.6) is 0 Å². The minimum atomic E-state index is -0.774. The van der Waals surface area contributed by atoms with Gasteiger partial charge in [0.05, 0.1) is 36.9 Å². The van der Waals surface area contributed by atoms with Crippen molar-refractivity contribution in [2.75, 3.05) is 18.6 Å². The van der Waals surface area contributed by atoms with Crippen LogP contribution < -0.4 is 0 Å². The zero-order valence-corrected chi connectivity index (χ0v) is 17.4. The molecule has 0 saturated carbocycles. The zero-order chi connectivity index (χ0) is 18.9. The smallest absolute Gasteiger partial charge is 0.308 e. The van der Waals surface area contributed by atoms with Crippen molar-refractivity contribution in [1.82, 2.24) is 0 Å². The number of benzene rings is 1. The summed E-state index contributed by atoms with van der Waals surface area (Å²) >= 11 is 3.96. The topological polar surface area (TPSA) is 55.8 Å². The van der Waals surface area contributed by atoms with Crippen molar-refractivity contribution < 1.29 is 19.4 Å². The summed E-state index contributed by atoms with van der Waals surface area (Å²) in [7, 11) is 1.35. The van der Waals surface area contributed by atoms with E-state index in [-0.39, 0.29) is 30.3 Å². The summed E-state index contributed by atoms with van der Waals surface area (Å²) in [6.45, 7) is 4.68. The molecule has 1 aromatic carbocycles. The molecule has 1 N–H and O–H groups in total. The van der Waals surface area contributed by atoms with Crippen LogP contribution in [-0.2, 0) is 20.9 Å². The molecule has 0 bridgehead atoms. The summed E-state index contributed by atoms with van der Waals surface area (Å²) in [5.74, 6) is 2.08. The van der Waals surface area contributed by atoms with Crippen LogP contribution in [0.15, 0.2) is 30.3 Å². The van der Waals surface area contributed by atoms with E-state index in [0.717, 1.165) is 5.56 Å². The highest BCUT2D eigenvalue weighted by Gasteiger charge is 2.36. The van der Waals surface area contributed by atoms with Crippen molar-refractivity contribution in [1.29, 1.82) is 0 Å². The molecule has 0 aliphatic carbocycles. The summed E-state index contributed by atoms with van der Waals surface area (Å²) < 4.78 is 11.5. The molecule has 0 spiro atoms. The van der Waals surface area contributed by atoms with Crippen LogP contribution in [0.3, 0.4) is 0 Å². The van der Waals surface area contributed by atoms with Crippen LogP contribution in [-0.4, -0.2) is 46.5 Å². The summed E-state index contributed by atoms with van der Waals surface area (Å²) in [6.07, 6.45) is 0.344. The van der Waals surface area contributed by atoms with Crippen LogP contribution in [0.1, 0.15) is 32.3 Å². The average molecular weight is 399 g/mol. The first-order chi connectivity index (χ1) is 12.5. The van der Waals surface area contributed by atoms with Crippen molar-refractivity contribution in [3.8, 4) is 0 Å². The number of aliphatic hydroxyl groups is 1. The highest BCUT2D eigenvalue weighted by atomic mass is 32.2. The number of ether oxygens (including phenoxy) is 2. The van der Waals surface area contributed by atoms with Gasteiger partial charge in [0.2, 0.25) is 0 Å². The van der Waals surface area contributed by atoms with E-state index >= 15 is 0 Å². The Hall–Kier alpha value is -0.690. The Balaban J connectivity index is 2.06. The lowest BCUT2D eigenvalue weighted by molar-refractivity contribution is -0.145. The Morgan fingerprint density at radius 1 is 1.23 bits per heavy atom. The molecule has 2 rings (SSSR count). The van der Waals surface area contributed by atoms with Crippen LogP contribution in [0, 0.1) is 11.8 Å². The first-order valence-corrected chi connectivity index (χ1v) is 11.3. The highest BCUT2D eigenvalue weighted by Crippen LogP contribution is 2.40. The number of hydrogen-bond donors (Lipinski definition) is 1. The number of esters is 1. The first-order valence-electron chi connectivity index (χ1n) is 9.16. The molecule has 1 aliphatic heterocycles. The predicted octanol–water partition coefficient (Wildman–Crippen LogP) is 3.96. The Kier molecular flexibility index (Phi) is 9.33. The molecule has 0 unspecified atom stereocenters. The third-order valence-corrected chi connectivity index (χ3v) is 8.20. The number of carbonyl (C=O) groups is 1. The Bertz CT molecular complexity index is 534. The predicted molar refractivity (Wildman–Crippen MR) is 109 cm³/mol. The molecule has 1 aromatic rings. The van der Waals surface area contributed by atoms with Crippen LogP contribution in [0.4, 0.5) is 0 Å². The molecular weight excluding hydrogens is 368 g/mol. The molecule has 1 aliphatic rings. The maximum absolute atomic E-state index is 11.6. The number of methoxy groups -OCH3 is 1.